The van der Waals surface area contributed by atoms with Gasteiger partial charge in [0.25, 0.3) is 0 Å². The van der Waals surface area contributed by atoms with Crippen molar-refractivity contribution in [3.05, 3.63) is 51.9 Å². The second-order valence-corrected chi connectivity index (χ2v) is 9.23. The second kappa shape index (κ2) is 9.97. The number of methoxy groups -OCH3 is 1. The number of benzene rings is 1. The highest BCUT2D eigenvalue weighted by atomic mass is 32.2. The molecule has 3 rings (SSSR count). The first-order chi connectivity index (χ1) is 14.8. The van der Waals surface area contributed by atoms with Crippen LogP contribution < -0.4 is 11.1 Å². The lowest BCUT2D eigenvalue weighted by atomic mass is 10.1. The third-order valence-corrected chi connectivity index (χ3v) is 7.00. The van der Waals surface area contributed by atoms with Gasteiger partial charge in [0, 0.05) is 10.6 Å². The minimum absolute atomic E-state index is 0.164. The van der Waals surface area contributed by atoms with E-state index in [0.29, 0.717) is 15.7 Å². The monoisotopic (exact) mass is 459 g/mol. The summed E-state index contributed by atoms with van der Waals surface area (Å²) in [6.45, 7) is 5.45. The molecule has 31 heavy (non-hydrogen) atoms. The summed E-state index contributed by atoms with van der Waals surface area (Å²) in [5.74, 6) is 0.136. The van der Waals surface area contributed by atoms with Gasteiger partial charge in [-0.3, -0.25) is 9.36 Å². The number of nitrogens with two attached hydrogens (primary N) is 1. The molecule has 0 saturated carbocycles. The normalized spacial score (nSPS) is 11.9. The summed E-state index contributed by atoms with van der Waals surface area (Å²) in [6, 6.07) is 9.46. The zero-order chi connectivity index (χ0) is 22.5. The highest BCUT2D eigenvalue weighted by Crippen LogP contribution is 2.34. The molecule has 0 aliphatic heterocycles. The lowest BCUT2D eigenvalue weighted by Gasteiger charge is -2.16. The Labute approximate surface area is 189 Å². The lowest BCUT2D eigenvalue weighted by molar-refractivity contribution is -0.118. The number of anilines is 2. The van der Waals surface area contributed by atoms with Crippen LogP contribution in [0.25, 0.3) is 0 Å². The molecule has 3 aromatic rings. The first-order valence-electron chi connectivity index (χ1n) is 9.69. The van der Waals surface area contributed by atoms with Gasteiger partial charge in [-0.1, -0.05) is 42.1 Å². The zero-order valence-corrected chi connectivity index (χ0v) is 19.5. The number of aromatic nitrogens is 3. The number of thiophene rings is 1. The summed E-state index contributed by atoms with van der Waals surface area (Å²) in [4.78, 5) is 26.1. The minimum atomic E-state index is -0.664. The number of esters is 1. The average molecular weight is 460 g/mol. The second-order valence-electron chi connectivity index (χ2n) is 6.94. The van der Waals surface area contributed by atoms with Crippen molar-refractivity contribution >= 4 is 45.9 Å². The summed E-state index contributed by atoms with van der Waals surface area (Å²) in [7, 11) is 1.32. The van der Waals surface area contributed by atoms with Crippen LogP contribution in [0.15, 0.2) is 35.5 Å². The fourth-order valence-electron chi connectivity index (χ4n) is 3.05. The molecule has 1 amide bonds. The van der Waals surface area contributed by atoms with Gasteiger partial charge < -0.3 is 15.8 Å². The number of thioether (sulfide) groups is 1. The molecule has 0 fully saturated rings. The van der Waals surface area contributed by atoms with Gasteiger partial charge in [0.15, 0.2) is 5.16 Å². The summed E-state index contributed by atoms with van der Waals surface area (Å²) in [6.07, 6.45) is 0.856. The van der Waals surface area contributed by atoms with Crippen molar-refractivity contribution < 1.29 is 14.3 Å². The van der Waals surface area contributed by atoms with Gasteiger partial charge in [0.2, 0.25) is 11.9 Å². The van der Waals surface area contributed by atoms with Gasteiger partial charge in [0.05, 0.1) is 12.7 Å². The van der Waals surface area contributed by atoms with Crippen LogP contribution in [0.5, 0.6) is 0 Å². The van der Waals surface area contributed by atoms with Crippen LogP contribution in [0.3, 0.4) is 0 Å². The maximum Gasteiger partial charge on any atom is 0.341 e. The summed E-state index contributed by atoms with van der Waals surface area (Å²) >= 11 is 2.83. The van der Waals surface area contributed by atoms with E-state index in [1.807, 2.05) is 32.0 Å². The number of hydrogen-bond acceptors (Lipinski definition) is 8. The van der Waals surface area contributed by atoms with Crippen molar-refractivity contribution in [1.29, 1.82) is 0 Å². The zero-order valence-electron chi connectivity index (χ0n) is 17.8. The Morgan fingerprint density at radius 2 is 1.97 bits per heavy atom. The lowest BCUT2D eigenvalue weighted by Crippen LogP contribution is -2.25. The van der Waals surface area contributed by atoms with Gasteiger partial charge in [-0.05, 0) is 38.3 Å². The van der Waals surface area contributed by atoms with Crippen LogP contribution >= 0.6 is 23.1 Å². The molecule has 0 aliphatic rings. The number of nitrogen functional groups attached to an aromatic ring is 1. The molecule has 0 saturated heterocycles. The Morgan fingerprint density at radius 1 is 1.26 bits per heavy atom. The molecule has 10 heteroatoms. The minimum Gasteiger partial charge on any atom is -0.465 e. The van der Waals surface area contributed by atoms with Crippen LogP contribution in [-0.2, 0) is 16.0 Å². The van der Waals surface area contributed by atoms with E-state index in [0.717, 1.165) is 22.6 Å². The van der Waals surface area contributed by atoms with E-state index in [1.165, 1.54) is 35.8 Å². The van der Waals surface area contributed by atoms with Crippen molar-refractivity contribution in [1.82, 2.24) is 14.8 Å². The van der Waals surface area contributed by atoms with Crippen molar-refractivity contribution in [3.8, 4) is 0 Å². The smallest absolute Gasteiger partial charge is 0.341 e. The van der Waals surface area contributed by atoms with Gasteiger partial charge in [-0.2, -0.15) is 0 Å². The third kappa shape index (κ3) is 5.08. The molecule has 0 bridgehead atoms. The number of rotatable bonds is 8. The number of carbonyl (C=O) groups is 2. The predicted molar refractivity (Wildman–Crippen MR) is 124 cm³/mol. The van der Waals surface area contributed by atoms with E-state index in [4.69, 9.17) is 10.5 Å². The maximum absolute atomic E-state index is 13.0. The topological polar surface area (TPSA) is 112 Å². The number of amides is 1. The fourth-order valence-corrected chi connectivity index (χ4v) is 5.11. The number of aryl methyl sites for hydroxylation is 2. The number of hydrogen-bond donors (Lipinski definition) is 2. The average Bonchev–Trinajstić information content (AvgIpc) is 3.26. The quantitative estimate of drug-likeness (QED) is 0.388. The maximum atomic E-state index is 13.0. The first kappa shape index (κ1) is 22.8. The molecular formula is C21H25N5O3S2. The van der Waals surface area contributed by atoms with Crippen LogP contribution in [0.1, 0.15) is 39.3 Å². The number of ether oxygens (including phenoxy) is 1. The molecule has 0 radical (unpaired) electrons. The largest absolute Gasteiger partial charge is 0.465 e. The molecule has 3 N–H and O–H groups in total. The number of carbonyl (C=O) groups excluding carboxylic acids is 2. The van der Waals surface area contributed by atoms with E-state index >= 15 is 0 Å². The number of nitrogens with one attached hydrogen (secondary N) is 1. The summed E-state index contributed by atoms with van der Waals surface area (Å²) in [5.41, 5.74) is 8.40. The highest BCUT2D eigenvalue weighted by molar-refractivity contribution is 7.99. The fraction of sp³-hybridized carbons (Fsp3) is 0.333. The third-order valence-electron chi connectivity index (χ3n) is 4.93. The molecule has 2 heterocycles. The van der Waals surface area contributed by atoms with Crippen LogP contribution in [0, 0.1) is 13.8 Å². The van der Waals surface area contributed by atoms with Crippen molar-refractivity contribution in [2.75, 3.05) is 23.9 Å². The van der Waals surface area contributed by atoms with Crippen LogP contribution in [-0.4, -0.2) is 39.5 Å². The SMILES string of the molecule is COC(=O)c1c(NC(=O)C(C)n2c(N)nnc2SCCc2ccccc2)sc(C)c1C. The van der Waals surface area contributed by atoms with Crippen LogP contribution in [0.2, 0.25) is 0 Å². The van der Waals surface area contributed by atoms with E-state index in [2.05, 4.69) is 27.6 Å². The van der Waals surface area contributed by atoms with E-state index in [1.54, 1.807) is 11.5 Å². The Balaban J connectivity index is 1.74. The van der Waals surface area contributed by atoms with E-state index in [-0.39, 0.29) is 11.9 Å². The molecule has 0 spiro atoms. The molecule has 1 aromatic carbocycles. The molecule has 1 atom stereocenters. The van der Waals surface area contributed by atoms with Gasteiger partial charge in [-0.25, -0.2) is 4.79 Å². The van der Waals surface area contributed by atoms with E-state index < -0.39 is 12.0 Å². The first-order valence-corrected chi connectivity index (χ1v) is 11.5. The van der Waals surface area contributed by atoms with Gasteiger partial charge >= 0.3 is 5.97 Å². The highest BCUT2D eigenvalue weighted by Gasteiger charge is 2.26. The molecule has 164 valence electrons. The Hall–Kier alpha value is -2.85. The van der Waals surface area contributed by atoms with Crippen molar-refractivity contribution in [3.63, 3.8) is 0 Å². The van der Waals surface area contributed by atoms with Gasteiger partial charge in [-0.15, -0.1) is 21.5 Å². The van der Waals surface area contributed by atoms with Gasteiger partial charge in [0.1, 0.15) is 11.0 Å². The standard InChI is InChI=1S/C21H25N5O3S2/c1-12-14(3)31-18(16(12)19(28)29-4)23-17(27)13(2)26-20(22)24-25-21(26)30-11-10-15-8-6-5-7-9-15/h5-9,13H,10-11H2,1-4H3,(H2,22,24)(H,23,27). The Kier molecular flexibility index (Phi) is 7.34. The van der Waals surface area contributed by atoms with E-state index in [9.17, 15) is 9.59 Å². The molecule has 2 aromatic heterocycles. The predicted octanol–water partition coefficient (Wildman–Crippen LogP) is 3.86. The molecular weight excluding hydrogens is 434 g/mol. The molecule has 0 aliphatic carbocycles. The Bertz CT molecular complexity index is 1080. The van der Waals surface area contributed by atoms with Crippen molar-refractivity contribution in [2.45, 2.75) is 38.4 Å². The molecule has 1 unspecified atom stereocenters. The number of nitrogens with zero attached hydrogens (tertiary/aromatic N) is 3. The Morgan fingerprint density at radius 3 is 2.65 bits per heavy atom. The summed E-state index contributed by atoms with van der Waals surface area (Å²) < 4.78 is 6.48. The molecule has 8 nitrogen and oxygen atoms in total. The summed E-state index contributed by atoms with van der Waals surface area (Å²) in [5, 5.41) is 12.0. The van der Waals surface area contributed by atoms with Crippen molar-refractivity contribution in [2.24, 2.45) is 0 Å². The van der Waals surface area contributed by atoms with Crippen LogP contribution in [0.4, 0.5) is 10.9 Å².